The summed E-state index contributed by atoms with van der Waals surface area (Å²) in [6, 6.07) is 26.1. The van der Waals surface area contributed by atoms with Crippen LogP contribution in [0, 0.1) is 0 Å². The number of aliphatic hydroxyl groups excluding tert-OH is 1. The number of hydrogen-bond donors (Lipinski definition) is 2. The summed E-state index contributed by atoms with van der Waals surface area (Å²) in [4.78, 5) is 26.2. The van der Waals surface area contributed by atoms with Gasteiger partial charge in [0.25, 0.3) is 5.56 Å². The Morgan fingerprint density at radius 2 is 1.37 bits per heavy atom. The smallest absolute Gasteiger partial charge is 0.330 e. The van der Waals surface area contributed by atoms with Gasteiger partial charge in [-0.2, -0.15) is 0 Å². The number of H-pyrrole nitrogens is 1. The molecule has 0 aliphatic carbocycles. The predicted molar refractivity (Wildman–Crippen MR) is 143 cm³/mol. The highest BCUT2D eigenvalue weighted by molar-refractivity contribution is 5.54. The fraction of sp³-hybridized carbons (Fsp3) is 0.200. The molecule has 4 aromatic rings. The molecule has 2 N–H and O–H groups in total. The van der Waals surface area contributed by atoms with Gasteiger partial charge in [-0.1, -0.05) is 60.7 Å². The quantitative estimate of drug-likeness (QED) is 0.277. The molecule has 0 radical (unpaired) electrons. The zero-order valence-corrected chi connectivity index (χ0v) is 21.0. The van der Waals surface area contributed by atoms with Gasteiger partial charge in [-0.3, -0.25) is 14.3 Å². The van der Waals surface area contributed by atoms with Crippen molar-refractivity contribution < 1.29 is 19.3 Å². The van der Waals surface area contributed by atoms with Gasteiger partial charge in [-0.05, 0) is 47.0 Å². The lowest BCUT2D eigenvalue weighted by Gasteiger charge is -2.42. The minimum absolute atomic E-state index is 0.494. The lowest BCUT2D eigenvalue weighted by Crippen LogP contribution is -2.48. The highest BCUT2D eigenvalue weighted by Gasteiger charge is 2.48. The van der Waals surface area contributed by atoms with Crippen molar-refractivity contribution in [1.29, 1.82) is 0 Å². The number of hydrogen-bond acceptors (Lipinski definition) is 6. The van der Waals surface area contributed by atoms with Crippen LogP contribution in [0.5, 0.6) is 11.5 Å². The second kappa shape index (κ2) is 10.5. The molecular weight excluding hydrogens is 484 g/mol. The van der Waals surface area contributed by atoms with Crippen LogP contribution in [0.25, 0.3) is 0 Å². The molecule has 1 unspecified atom stereocenters. The van der Waals surface area contributed by atoms with E-state index in [4.69, 9.17) is 14.2 Å². The fourth-order valence-corrected chi connectivity index (χ4v) is 5.09. The lowest BCUT2D eigenvalue weighted by atomic mass is 9.64. The Morgan fingerprint density at radius 3 is 1.89 bits per heavy atom. The molecule has 1 aliphatic heterocycles. The molecular formula is C30H28N2O6. The van der Waals surface area contributed by atoms with Crippen LogP contribution in [-0.2, 0) is 10.2 Å². The fourth-order valence-electron chi connectivity index (χ4n) is 5.09. The monoisotopic (exact) mass is 512 g/mol. The molecule has 0 saturated heterocycles. The first-order chi connectivity index (χ1) is 18.5. The molecule has 5 rings (SSSR count). The number of nitrogens with zero attached hydrogens (tertiary/aromatic N) is 1. The number of aliphatic hydroxyl groups is 1. The van der Waals surface area contributed by atoms with Crippen molar-refractivity contribution in [2.45, 2.75) is 23.9 Å². The maximum atomic E-state index is 12.4. The molecule has 38 heavy (non-hydrogen) atoms. The maximum Gasteiger partial charge on any atom is 0.330 e. The molecule has 0 amide bonds. The Morgan fingerprint density at radius 1 is 0.816 bits per heavy atom. The van der Waals surface area contributed by atoms with E-state index in [0.717, 1.165) is 16.7 Å². The zero-order chi connectivity index (χ0) is 26.7. The number of rotatable bonds is 8. The number of methoxy groups -OCH3 is 2. The molecule has 3 atom stereocenters. The van der Waals surface area contributed by atoms with Gasteiger partial charge in [0.05, 0.1) is 19.6 Å². The van der Waals surface area contributed by atoms with Gasteiger partial charge in [-0.15, -0.1) is 0 Å². The summed E-state index contributed by atoms with van der Waals surface area (Å²) in [5, 5.41) is 12.3. The van der Waals surface area contributed by atoms with Crippen molar-refractivity contribution in [1.82, 2.24) is 9.55 Å². The molecule has 0 bridgehead atoms. The third kappa shape index (κ3) is 4.44. The summed E-state index contributed by atoms with van der Waals surface area (Å²) in [6.45, 7) is 0. The van der Waals surface area contributed by atoms with Crippen molar-refractivity contribution in [3.8, 4) is 11.5 Å². The molecule has 8 heteroatoms. The second-order valence-electron chi connectivity index (χ2n) is 8.97. The predicted octanol–water partition coefficient (Wildman–Crippen LogP) is 3.40. The number of nitrogens with one attached hydrogen (secondary N) is 1. The van der Waals surface area contributed by atoms with Crippen LogP contribution >= 0.6 is 0 Å². The van der Waals surface area contributed by atoms with Gasteiger partial charge in [0.1, 0.15) is 23.7 Å². The van der Waals surface area contributed by atoms with Gasteiger partial charge in [0, 0.05) is 12.3 Å². The summed E-state index contributed by atoms with van der Waals surface area (Å²) in [6.07, 6.45) is 2.12. The van der Waals surface area contributed by atoms with Crippen LogP contribution in [0.1, 0.15) is 22.9 Å². The van der Waals surface area contributed by atoms with Gasteiger partial charge in [0.2, 0.25) is 0 Å². The average molecular weight is 513 g/mol. The molecule has 2 heterocycles. The van der Waals surface area contributed by atoms with E-state index in [2.05, 4.69) is 4.98 Å². The van der Waals surface area contributed by atoms with E-state index in [0.29, 0.717) is 11.5 Å². The van der Waals surface area contributed by atoms with E-state index >= 15 is 0 Å². The van der Waals surface area contributed by atoms with Crippen molar-refractivity contribution >= 4 is 0 Å². The number of ether oxygens (including phenoxy) is 3. The average Bonchev–Trinajstić information content (AvgIpc) is 3.45. The largest absolute Gasteiger partial charge is 0.497 e. The summed E-state index contributed by atoms with van der Waals surface area (Å²) >= 11 is 0. The Hall–Kier alpha value is -4.40. The first kappa shape index (κ1) is 25.3. The highest BCUT2D eigenvalue weighted by Crippen LogP contribution is 2.46. The first-order valence-electron chi connectivity index (χ1n) is 12.2. The van der Waals surface area contributed by atoms with Crippen molar-refractivity contribution in [2.75, 3.05) is 14.2 Å². The summed E-state index contributed by atoms with van der Waals surface area (Å²) in [5.41, 5.74) is 0.339. The molecule has 8 nitrogen and oxygen atoms in total. The third-order valence-corrected chi connectivity index (χ3v) is 6.96. The minimum Gasteiger partial charge on any atom is -0.497 e. The number of benzene rings is 3. The lowest BCUT2D eigenvalue weighted by molar-refractivity contribution is -0.0637. The normalized spacial score (nSPS) is 17.8. The second-order valence-corrected chi connectivity index (χ2v) is 8.97. The minimum atomic E-state index is -1.12. The third-order valence-electron chi connectivity index (χ3n) is 6.96. The van der Waals surface area contributed by atoms with E-state index in [1.807, 2.05) is 78.9 Å². The Labute approximate surface area is 219 Å². The van der Waals surface area contributed by atoms with Crippen LogP contribution in [0.3, 0.4) is 0 Å². The number of aromatic nitrogens is 2. The summed E-state index contributed by atoms with van der Waals surface area (Å²) < 4.78 is 18.3. The molecule has 194 valence electrons. The topological polar surface area (TPSA) is 103 Å². The van der Waals surface area contributed by atoms with Crippen molar-refractivity contribution in [2.24, 2.45) is 0 Å². The summed E-state index contributed by atoms with van der Waals surface area (Å²) in [7, 11) is 3.21. The van der Waals surface area contributed by atoms with Gasteiger partial charge >= 0.3 is 5.69 Å². The molecule has 0 spiro atoms. The standard InChI is InChI=1S/C30H28N2O6/c1-36-23-12-8-21(9-13-23)30(20-6-4-3-5-7-20,22-10-14-24(37-2)15-11-22)28(34)25-16-17-27(38-25)32-19-18-26(33)31-29(32)35/h3-19,25,27-28,34H,1-2H3,(H,31,33,35)/t25-,27+,28?/m0/s1. The molecule has 3 aromatic carbocycles. The maximum absolute atomic E-state index is 12.4. The van der Waals surface area contributed by atoms with Crippen molar-refractivity contribution in [3.63, 3.8) is 0 Å². The Bertz CT molecular complexity index is 1480. The van der Waals surface area contributed by atoms with Gasteiger partial charge in [-0.25, -0.2) is 4.79 Å². The van der Waals surface area contributed by atoms with Crippen LogP contribution in [0.2, 0.25) is 0 Å². The van der Waals surface area contributed by atoms with Crippen LogP contribution in [-0.4, -0.2) is 41.1 Å². The highest BCUT2D eigenvalue weighted by atomic mass is 16.5. The Kier molecular flexibility index (Phi) is 7.00. The SMILES string of the molecule is COc1ccc(C(c2ccccc2)(c2ccc(OC)cc2)C(O)[C@@H]2C=C[C@H](n3ccc(=O)[nH]c3=O)O2)cc1. The van der Waals surface area contributed by atoms with E-state index < -0.39 is 35.1 Å². The van der Waals surface area contributed by atoms with E-state index in [-0.39, 0.29) is 0 Å². The van der Waals surface area contributed by atoms with Crippen LogP contribution < -0.4 is 20.7 Å². The van der Waals surface area contributed by atoms with Crippen LogP contribution in [0.15, 0.2) is 113 Å². The van der Waals surface area contributed by atoms with Crippen molar-refractivity contribution in [3.05, 3.63) is 141 Å². The molecule has 1 aromatic heterocycles. The molecule has 1 aliphatic rings. The van der Waals surface area contributed by atoms with Crippen LogP contribution in [0.4, 0.5) is 0 Å². The van der Waals surface area contributed by atoms with Gasteiger partial charge in [0.15, 0.2) is 6.23 Å². The first-order valence-corrected chi connectivity index (χ1v) is 12.2. The summed E-state index contributed by atoms with van der Waals surface area (Å²) in [5.74, 6) is 1.38. The van der Waals surface area contributed by atoms with E-state index in [1.165, 1.54) is 16.8 Å². The molecule has 0 fully saturated rings. The zero-order valence-electron chi connectivity index (χ0n) is 21.0. The molecule has 0 saturated carbocycles. The van der Waals surface area contributed by atoms with Gasteiger partial charge < -0.3 is 19.3 Å². The van der Waals surface area contributed by atoms with E-state index in [9.17, 15) is 14.7 Å². The number of aromatic amines is 1. The Balaban J connectivity index is 1.66. The van der Waals surface area contributed by atoms with E-state index in [1.54, 1.807) is 26.4 Å².